The van der Waals surface area contributed by atoms with Gasteiger partial charge in [0.05, 0.1) is 12.5 Å². The number of carbonyl (C=O) groups excluding carboxylic acids is 1. The summed E-state index contributed by atoms with van der Waals surface area (Å²) in [5.74, 6) is 5.79. The van der Waals surface area contributed by atoms with Crippen LogP contribution in [0.25, 0.3) is 0 Å². The lowest BCUT2D eigenvalue weighted by Crippen LogP contribution is -2.40. The van der Waals surface area contributed by atoms with Crippen LogP contribution in [0.2, 0.25) is 0 Å². The van der Waals surface area contributed by atoms with Crippen molar-refractivity contribution in [3.05, 3.63) is 35.4 Å². The van der Waals surface area contributed by atoms with Gasteiger partial charge in [-0.3, -0.25) is 9.69 Å². The Kier molecular flexibility index (Phi) is 5.16. The molecule has 1 aromatic carbocycles. The lowest BCUT2D eigenvalue weighted by molar-refractivity contribution is -0.123. The molecule has 4 heteroatoms. The Balaban J connectivity index is 2.08. The molecule has 1 aliphatic rings. The molecule has 1 aromatic rings. The van der Waals surface area contributed by atoms with E-state index in [9.17, 15) is 4.79 Å². The maximum atomic E-state index is 11.3. The lowest BCUT2D eigenvalue weighted by atomic mass is 9.96. The number of benzene rings is 1. The van der Waals surface area contributed by atoms with E-state index < -0.39 is 0 Å². The Bertz CT molecular complexity index is 530. The van der Waals surface area contributed by atoms with Crippen molar-refractivity contribution < 1.29 is 4.79 Å². The molecular weight excluding hydrogens is 250 g/mol. The number of nitrogens with zero attached hydrogens (tertiary/aromatic N) is 1. The molecule has 1 unspecified atom stereocenters. The zero-order valence-corrected chi connectivity index (χ0v) is 11.6. The van der Waals surface area contributed by atoms with E-state index in [1.165, 1.54) is 5.56 Å². The number of primary amides is 1. The van der Waals surface area contributed by atoms with Gasteiger partial charge in [-0.1, -0.05) is 30.0 Å². The number of rotatable bonds is 3. The molecule has 0 aliphatic carbocycles. The third kappa shape index (κ3) is 3.83. The number of nitrogens with two attached hydrogens (primary N) is 2. The number of carbonyl (C=O) groups is 1. The van der Waals surface area contributed by atoms with E-state index in [0.29, 0.717) is 6.54 Å². The summed E-state index contributed by atoms with van der Waals surface area (Å²) < 4.78 is 0. The monoisotopic (exact) mass is 271 g/mol. The Labute approximate surface area is 120 Å². The molecule has 0 bridgehead atoms. The quantitative estimate of drug-likeness (QED) is 0.795. The molecule has 0 aromatic heterocycles. The van der Waals surface area contributed by atoms with E-state index in [1.807, 2.05) is 18.2 Å². The van der Waals surface area contributed by atoms with Gasteiger partial charge < -0.3 is 11.5 Å². The molecule has 1 heterocycles. The minimum atomic E-state index is -0.189. The maximum Gasteiger partial charge on any atom is 0.221 e. The number of hydrogen-bond acceptors (Lipinski definition) is 3. The molecule has 4 nitrogen and oxygen atoms in total. The Hall–Kier alpha value is -1.83. The van der Waals surface area contributed by atoms with E-state index in [2.05, 4.69) is 22.8 Å². The summed E-state index contributed by atoms with van der Waals surface area (Å²) in [5.41, 5.74) is 13.0. The Morgan fingerprint density at radius 3 is 2.95 bits per heavy atom. The number of likely N-dealkylation sites (tertiary alicyclic amines) is 1. The van der Waals surface area contributed by atoms with E-state index in [1.54, 1.807) is 0 Å². The molecule has 0 spiro atoms. The topological polar surface area (TPSA) is 72.3 Å². The van der Waals surface area contributed by atoms with Gasteiger partial charge in [-0.2, -0.15) is 0 Å². The predicted molar refractivity (Wildman–Crippen MR) is 79.6 cm³/mol. The van der Waals surface area contributed by atoms with Gasteiger partial charge in [-0.25, -0.2) is 0 Å². The van der Waals surface area contributed by atoms with E-state index in [4.69, 9.17) is 11.5 Å². The average Bonchev–Trinajstić information content (AvgIpc) is 2.46. The van der Waals surface area contributed by atoms with Gasteiger partial charge in [0.15, 0.2) is 0 Å². The lowest BCUT2D eigenvalue weighted by Gasteiger charge is -2.31. The van der Waals surface area contributed by atoms with Crippen LogP contribution >= 0.6 is 0 Å². The first-order chi connectivity index (χ1) is 9.70. The molecule has 2 rings (SSSR count). The van der Waals surface area contributed by atoms with Crippen LogP contribution in [0.4, 0.5) is 0 Å². The second-order valence-corrected chi connectivity index (χ2v) is 5.14. The minimum absolute atomic E-state index is 0.0222. The van der Waals surface area contributed by atoms with Gasteiger partial charge >= 0.3 is 0 Å². The van der Waals surface area contributed by atoms with Crippen molar-refractivity contribution in [2.45, 2.75) is 19.4 Å². The van der Waals surface area contributed by atoms with Crippen LogP contribution in [-0.4, -0.2) is 30.4 Å². The highest BCUT2D eigenvalue weighted by molar-refractivity contribution is 5.76. The largest absolute Gasteiger partial charge is 0.369 e. The average molecular weight is 271 g/mol. The predicted octanol–water partition coefficient (Wildman–Crippen LogP) is 0.694. The molecular formula is C16H21N3O. The SMILES string of the molecule is NCC#Cc1ccccc1CN1CCCC(C(N)=O)C1. The van der Waals surface area contributed by atoms with Gasteiger partial charge in [0.2, 0.25) is 5.91 Å². The standard InChI is InChI=1S/C16H21N3O/c17-9-3-7-13-5-1-2-6-14(13)11-19-10-4-8-15(12-19)16(18)20/h1-2,5-6,15H,4,8-12,17H2,(H2,18,20). The van der Waals surface area contributed by atoms with Crippen LogP contribution in [0.3, 0.4) is 0 Å². The van der Waals surface area contributed by atoms with Crippen LogP contribution in [-0.2, 0) is 11.3 Å². The van der Waals surface area contributed by atoms with Crippen molar-refractivity contribution in [2.75, 3.05) is 19.6 Å². The van der Waals surface area contributed by atoms with Crippen LogP contribution in [0.5, 0.6) is 0 Å². The first-order valence-electron chi connectivity index (χ1n) is 6.99. The fourth-order valence-electron chi connectivity index (χ4n) is 2.60. The molecule has 1 aliphatic heterocycles. The third-order valence-electron chi connectivity index (χ3n) is 3.64. The summed E-state index contributed by atoms with van der Waals surface area (Å²) in [5, 5.41) is 0. The fourth-order valence-corrected chi connectivity index (χ4v) is 2.60. The van der Waals surface area contributed by atoms with Crippen LogP contribution in [0.15, 0.2) is 24.3 Å². The highest BCUT2D eigenvalue weighted by Gasteiger charge is 2.24. The highest BCUT2D eigenvalue weighted by atomic mass is 16.1. The molecule has 1 amide bonds. The van der Waals surface area contributed by atoms with Crippen LogP contribution in [0.1, 0.15) is 24.0 Å². The van der Waals surface area contributed by atoms with Crippen molar-refractivity contribution in [1.29, 1.82) is 0 Å². The molecule has 4 N–H and O–H groups in total. The van der Waals surface area contributed by atoms with Crippen LogP contribution < -0.4 is 11.5 Å². The smallest absolute Gasteiger partial charge is 0.221 e. The van der Waals surface area contributed by atoms with E-state index in [-0.39, 0.29) is 11.8 Å². The zero-order valence-electron chi connectivity index (χ0n) is 11.6. The summed E-state index contributed by atoms with van der Waals surface area (Å²) in [6.07, 6.45) is 1.92. The first kappa shape index (κ1) is 14.6. The van der Waals surface area contributed by atoms with Crippen molar-refractivity contribution in [2.24, 2.45) is 17.4 Å². The summed E-state index contributed by atoms with van der Waals surface area (Å²) >= 11 is 0. The van der Waals surface area contributed by atoms with Crippen molar-refractivity contribution >= 4 is 5.91 Å². The number of hydrogen-bond donors (Lipinski definition) is 2. The van der Waals surface area contributed by atoms with Gasteiger partial charge in [0.25, 0.3) is 0 Å². The van der Waals surface area contributed by atoms with Crippen molar-refractivity contribution in [1.82, 2.24) is 4.90 Å². The summed E-state index contributed by atoms with van der Waals surface area (Å²) in [6.45, 7) is 2.91. The van der Waals surface area contributed by atoms with Crippen LogP contribution in [0, 0.1) is 17.8 Å². The summed E-state index contributed by atoms with van der Waals surface area (Å²) in [6, 6.07) is 8.08. The maximum absolute atomic E-state index is 11.3. The first-order valence-corrected chi connectivity index (χ1v) is 6.99. The Morgan fingerprint density at radius 2 is 2.20 bits per heavy atom. The molecule has 106 valence electrons. The highest BCUT2D eigenvalue weighted by Crippen LogP contribution is 2.19. The van der Waals surface area contributed by atoms with Gasteiger partial charge in [0.1, 0.15) is 0 Å². The molecule has 1 fully saturated rings. The zero-order chi connectivity index (χ0) is 14.4. The Morgan fingerprint density at radius 1 is 1.40 bits per heavy atom. The molecule has 1 saturated heterocycles. The molecule has 20 heavy (non-hydrogen) atoms. The third-order valence-corrected chi connectivity index (χ3v) is 3.64. The van der Waals surface area contributed by atoms with Crippen molar-refractivity contribution in [3.63, 3.8) is 0 Å². The fraction of sp³-hybridized carbons (Fsp3) is 0.438. The molecule has 0 saturated carbocycles. The normalized spacial score (nSPS) is 19.1. The van der Waals surface area contributed by atoms with E-state index >= 15 is 0 Å². The second-order valence-electron chi connectivity index (χ2n) is 5.14. The molecule has 1 atom stereocenters. The van der Waals surface area contributed by atoms with Crippen molar-refractivity contribution in [3.8, 4) is 11.8 Å². The number of piperidine rings is 1. The number of amides is 1. The van der Waals surface area contributed by atoms with E-state index in [0.717, 1.165) is 38.0 Å². The minimum Gasteiger partial charge on any atom is -0.369 e. The van der Waals surface area contributed by atoms with Gasteiger partial charge in [0, 0.05) is 18.7 Å². The van der Waals surface area contributed by atoms with Gasteiger partial charge in [-0.05, 0) is 31.0 Å². The van der Waals surface area contributed by atoms with Gasteiger partial charge in [-0.15, -0.1) is 0 Å². The summed E-state index contributed by atoms with van der Waals surface area (Å²) in [7, 11) is 0. The second kappa shape index (κ2) is 7.09. The molecule has 0 radical (unpaired) electrons. The summed E-state index contributed by atoms with van der Waals surface area (Å²) in [4.78, 5) is 13.6.